The minimum atomic E-state index is -1.27. The van der Waals surface area contributed by atoms with Gasteiger partial charge in [-0.25, -0.2) is 0 Å². The number of carboxylic acid groups (broad SMARTS) is 1. The summed E-state index contributed by atoms with van der Waals surface area (Å²) in [5, 5.41) is 19.0. The fourth-order valence-electron chi connectivity index (χ4n) is 2.25. The second kappa shape index (κ2) is 6.49. The third kappa shape index (κ3) is 3.34. The molecule has 0 aromatic heterocycles. The number of aliphatic hydroxyl groups is 1. The molecule has 108 valence electrons. The van der Waals surface area contributed by atoms with Crippen molar-refractivity contribution < 1.29 is 24.5 Å². The molecule has 1 saturated heterocycles. The Kier molecular flexibility index (Phi) is 4.70. The van der Waals surface area contributed by atoms with Gasteiger partial charge in [0.2, 0.25) is 0 Å². The molecule has 1 aromatic rings. The third-order valence-corrected chi connectivity index (χ3v) is 3.27. The van der Waals surface area contributed by atoms with Crippen LogP contribution in [0.2, 0.25) is 0 Å². The second-order valence-corrected chi connectivity index (χ2v) is 4.67. The lowest BCUT2D eigenvalue weighted by Crippen LogP contribution is -2.51. The molecule has 6 heteroatoms. The topological polar surface area (TPSA) is 87.1 Å². The van der Waals surface area contributed by atoms with E-state index in [0.717, 1.165) is 0 Å². The highest BCUT2D eigenvalue weighted by molar-refractivity contribution is 5.83. The molecule has 1 fully saturated rings. The van der Waals surface area contributed by atoms with Crippen LogP contribution in [0.4, 0.5) is 0 Å². The van der Waals surface area contributed by atoms with Crippen LogP contribution >= 0.6 is 0 Å². The maximum Gasteiger partial charge on any atom is 0.305 e. The van der Waals surface area contributed by atoms with E-state index in [4.69, 9.17) is 9.84 Å². The molecule has 0 radical (unpaired) electrons. The molecule has 1 aliphatic heterocycles. The minimum absolute atomic E-state index is 0.180. The van der Waals surface area contributed by atoms with Crippen molar-refractivity contribution in [3.63, 3.8) is 0 Å². The number of aliphatic carboxylic acids is 1. The van der Waals surface area contributed by atoms with Crippen LogP contribution in [0.5, 0.6) is 0 Å². The SMILES string of the molecule is O=C(O)CC1COCCN1C(=O)C(O)c1ccccc1. The molecule has 1 aromatic carbocycles. The first-order valence-electron chi connectivity index (χ1n) is 6.42. The molecule has 1 aliphatic rings. The van der Waals surface area contributed by atoms with Gasteiger partial charge in [-0.3, -0.25) is 9.59 Å². The first kappa shape index (κ1) is 14.5. The number of benzene rings is 1. The van der Waals surface area contributed by atoms with E-state index >= 15 is 0 Å². The molecule has 0 spiro atoms. The van der Waals surface area contributed by atoms with Gasteiger partial charge in [0.25, 0.3) is 5.91 Å². The van der Waals surface area contributed by atoms with Crippen molar-refractivity contribution in [1.29, 1.82) is 0 Å². The van der Waals surface area contributed by atoms with E-state index < -0.39 is 24.0 Å². The third-order valence-electron chi connectivity index (χ3n) is 3.27. The molecular formula is C14H17NO5. The highest BCUT2D eigenvalue weighted by Crippen LogP contribution is 2.20. The fraction of sp³-hybridized carbons (Fsp3) is 0.429. The molecule has 2 atom stereocenters. The number of hydrogen-bond donors (Lipinski definition) is 2. The first-order chi connectivity index (χ1) is 9.59. The smallest absolute Gasteiger partial charge is 0.305 e. The number of carboxylic acids is 1. The van der Waals surface area contributed by atoms with Gasteiger partial charge < -0.3 is 19.8 Å². The number of carbonyl (C=O) groups excluding carboxylic acids is 1. The van der Waals surface area contributed by atoms with Gasteiger partial charge in [0.15, 0.2) is 6.10 Å². The molecule has 1 amide bonds. The van der Waals surface area contributed by atoms with Crippen molar-refractivity contribution in [3.8, 4) is 0 Å². The predicted molar refractivity (Wildman–Crippen MR) is 70.0 cm³/mol. The van der Waals surface area contributed by atoms with Crippen LogP contribution in [0.15, 0.2) is 30.3 Å². The number of carbonyl (C=O) groups is 2. The highest BCUT2D eigenvalue weighted by atomic mass is 16.5. The van der Waals surface area contributed by atoms with Gasteiger partial charge in [0.1, 0.15) is 0 Å². The Balaban J connectivity index is 2.11. The predicted octanol–water partition coefficient (Wildman–Crippen LogP) is 0.422. The van der Waals surface area contributed by atoms with Crippen LogP contribution in [-0.4, -0.2) is 52.8 Å². The summed E-state index contributed by atoms with van der Waals surface area (Å²) in [4.78, 5) is 24.5. The second-order valence-electron chi connectivity index (χ2n) is 4.67. The number of aliphatic hydroxyl groups excluding tert-OH is 1. The van der Waals surface area contributed by atoms with E-state index in [1.807, 2.05) is 0 Å². The van der Waals surface area contributed by atoms with Gasteiger partial charge >= 0.3 is 5.97 Å². The number of rotatable bonds is 4. The van der Waals surface area contributed by atoms with Crippen molar-refractivity contribution in [1.82, 2.24) is 4.90 Å². The molecule has 0 aliphatic carbocycles. The van der Waals surface area contributed by atoms with Crippen LogP contribution in [0.1, 0.15) is 18.1 Å². The Bertz CT molecular complexity index is 476. The van der Waals surface area contributed by atoms with Gasteiger partial charge in [0, 0.05) is 6.54 Å². The lowest BCUT2D eigenvalue weighted by atomic mass is 10.1. The van der Waals surface area contributed by atoms with Crippen molar-refractivity contribution in [2.75, 3.05) is 19.8 Å². The van der Waals surface area contributed by atoms with Crippen LogP contribution in [0.3, 0.4) is 0 Å². The number of amides is 1. The summed E-state index contributed by atoms with van der Waals surface area (Å²) in [5.41, 5.74) is 0.498. The largest absolute Gasteiger partial charge is 0.481 e. The molecule has 2 unspecified atom stereocenters. The molecule has 1 heterocycles. The van der Waals surface area contributed by atoms with Crippen LogP contribution in [0.25, 0.3) is 0 Å². The summed E-state index contributed by atoms with van der Waals surface area (Å²) < 4.78 is 5.21. The van der Waals surface area contributed by atoms with Gasteiger partial charge in [-0.05, 0) is 5.56 Å². The van der Waals surface area contributed by atoms with Gasteiger partial charge in [-0.15, -0.1) is 0 Å². The van der Waals surface area contributed by atoms with Gasteiger partial charge in [-0.1, -0.05) is 30.3 Å². The average molecular weight is 279 g/mol. The minimum Gasteiger partial charge on any atom is -0.481 e. The van der Waals surface area contributed by atoms with E-state index in [2.05, 4.69) is 0 Å². The van der Waals surface area contributed by atoms with Crippen molar-refractivity contribution in [3.05, 3.63) is 35.9 Å². The lowest BCUT2D eigenvalue weighted by molar-refractivity contribution is -0.152. The summed E-state index contributed by atoms with van der Waals surface area (Å²) >= 11 is 0. The van der Waals surface area contributed by atoms with Gasteiger partial charge in [0.05, 0.1) is 25.7 Å². The molecule has 20 heavy (non-hydrogen) atoms. The Morgan fingerprint density at radius 2 is 2.05 bits per heavy atom. The Morgan fingerprint density at radius 3 is 2.70 bits per heavy atom. The zero-order chi connectivity index (χ0) is 14.5. The summed E-state index contributed by atoms with van der Waals surface area (Å²) in [6.45, 7) is 0.823. The summed E-state index contributed by atoms with van der Waals surface area (Å²) in [6, 6.07) is 8.06. The molecule has 2 N–H and O–H groups in total. The van der Waals surface area contributed by atoms with Crippen LogP contribution in [0, 0.1) is 0 Å². The molecule has 0 bridgehead atoms. The zero-order valence-corrected chi connectivity index (χ0v) is 10.9. The number of nitrogens with zero attached hydrogens (tertiary/aromatic N) is 1. The van der Waals surface area contributed by atoms with Crippen molar-refractivity contribution in [2.24, 2.45) is 0 Å². The molecule has 2 rings (SSSR count). The number of ether oxygens (including phenoxy) is 1. The standard InChI is InChI=1S/C14H17NO5/c16-12(17)8-11-9-20-7-6-15(11)14(19)13(18)10-4-2-1-3-5-10/h1-5,11,13,18H,6-9H2,(H,16,17). The maximum absolute atomic E-state index is 12.3. The van der Waals surface area contributed by atoms with E-state index in [0.29, 0.717) is 18.7 Å². The first-order valence-corrected chi connectivity index (χ1v) is 6.42. The van der Waals surface area contributed by atoms with E-state index in [-0.39, 0.29) is 13.0 Å². The quantitative estimate of drug-likeness (QED) is 0.834. The lowest BCUT2D eigenvalue weighted by Gasteiger charge is -2.36. The molecular weight excluding hydrogens is 262 g/mol. The van der Waals surface area contributed by atoms with Crippen LogP contribution in [-0.2, 0) is 14.3 Å². The number of morpholine rings is 1. The van der Waals surface area contributed by atoms with Crippen molar-refractivity contribution >= 4 is 11.9 Å². The molecule has 0 saturated carbocycles. The Morgan fingerprint density at radius 1 is 1.35 bits per heavy atom. The van der Waals surface area contributed by atoms with E-state index in [1.54, 1.807) is 30.3 Å². The number of hydrogen-bond acceptors (Lipinski definition) is 4. The zero-order valence-electron chi connectivity index (χ0n) is 10.9. The van der Waals surface area contributed by atoms with E-state index in [1.165, 1.54) is 4.90 Å². The Labute approximate surface area is 116 Å². The normalized spacial score (nSPS) is 20.4. The monoisotopic (exact) mass is 279 g/mol. The Hall–Kier alpha value is -1.92. The highest BCUT2D eigenvalue weighted by Gasteiger charge is 2.32. The fourth-order valence-corrected chi connectivity index (χ4v) is 2.25. The van der Waals surface area contributed by atoms with Gasteiger partial charge in [-0.2, -0.15) is 0 Å². The summed E-state index contributed by atoms with van der Waals surface area (Å²) in [6.07, 6.45) is -1.46. The average Bonchev–Trinajstić information content (AvgIpc) is 2.46. The molecule has 6 nitrogen and oxygen atoms in total. The van der Waals surface area contributed by atoms with Crippen LogP contribution < -0.4 is 0 Å². The van der Waals surface area contributed by atoms with E-state index in [9.17, 15) is 14.7 Å². The summed E-state index contributed by atoms with van der Waals surface area (Å²) in [7, 11) is 0. The maximum atomic E-state index is 12.3. The van der Waals surface area contributed by atoms with Crippen molar-refractivity contribution in [2.45, 2.75) is 18.6 Å². The summed E-state index contributed by atoms with van der Waals surface area (Å²) in [5.74, 6) is -1.47.